The van der Waals surface area contributed by atoms with Gasteiger partial charge in [0.15, 0.2) is 0 Å². The molecular formula is C21H26N2O2. The fraction of sp³-hybridized carbons (Fsp3) is 0.381. The van der Waals surface area contributed by atoms with E-state index in [0.717, 1.165) is 36.3 Å². The molecule has 0 fully saturated rings. The van der Waals surface area contributed by atoms with Crippen molar-refractivity contribution in [3.05, 3.63) is 65.2 Å². The van der Waals surface area contributed by atoms with Gasteiger partial charge in [-0.2, -0.15) is 0 Å². The summed E-state index contributed by atoms with van der Waals surface area (Å²) in [5.41, 5.74) is 9.24. The molecule has 4 nitrogen and oxygen atoms in total. The van der Waals surface area contributed by atoms with Crippen molar-refractivity contribution < 1.29 is 9.53 Å². The van der Waals surface area contributed by atoms with Crippen LogP contribution in [0.4, 0.5) is 0 Å². The van der Waals surface area contributed by atoms with E-state index in [1.807, 2.05) is 56.3 Å². The van der Waals surface area contributed by atoms with E-state index < -0.39 is 0 Å². The molecule has 1 aliphatic rings. The summed E-state index contributed by atoms with van der Waals surface area (Å²) in [6, 6.07) is 15.9. The molecule has 0 aromatic heterocycles. The first-order valence-corrected chi connectivity index (χ1v) is 8.93. The molecule has 25 heavy (non-hydrogen) atoms. The van der Waals surface area contributed by atoms with Crippen LogP contribution in [0.1, 0.15) is 43.0 Å². The highest BCUT2D eigenvalue weighted by molar-refractivity contribution is 5.80. The van der Waals surface area contributed by atoms with E-state index in [1.54, 1.807) is 0 Å². The van der Waals surface area contributed by atoms with E-state index in [-0.39, 0.29) is 23.9 Å². The van der Waals surface area contributed by atoms with Crippen LogP contribution < -0.4 is 15.8 Å². The van der Waals surface area contributed by atoms with E-state index in [1.165, 1.54) is 5.56 Å². The second-order valence-electron chi connectivity index (χ2n) is 6.82. The molecule has 2 aromatic rings. The normalized spacial score (nSPS) is 16.9. The number of hydrogen-bond acceptors (Lipinski definition) is 3. The van der Waals surface area contributed by atoms with Crippen LogP contribution in [-0.4, -0.2) is 18.6 Å². The lowest BCUT2D eigenvalue weighted by molar-refractivity contribution is -0.125. The molecule has 0 aliphatic carbocycles. The molecule has 0 saturated heterocycles. The topological polar surface area (TPSA) is 64.4 Å². The quantitative estimate of drug-likeness (QED) is 0.880. The first kappa shape index (κ1) is 17.5. The number of carbonyl (C=O) groups is 1. The van der Waals surface area contributed by atoms with Gasteiger partial charge < -0.3 is 15.8 Å². The minimum atomic E-state index is -0.243. The van der Waals surface area contributed by atoms with Gasteiger partial charge in [-0.25, -0.2) is 0 Å². The molecule has 132 valence electrons. The maximum absolute atomic E-state index is 12.6. The third kappa shape index (κ3) is 4.02. The molecule has 1 aliphatic heterocycles. The Morgan fingerprint density at radius 3 is 2.60 bits per heavy atom. The molecule has 3 rings (SSSR count). The number of rotatable bonds is 5. The van der Waals surface area contributed by atoms with Crippen LogP contribution in [0.2, 0.25) is 0 Å². The molecule has 0 saturated carbocycles. The van der Waals surface area contributed by atoms with Crippen molar-refractivity contribution in [1.82, 2.24) is 5.32 Å². The molecular weight excluding hydrogens is 312 g/mol. The maximum Gasteiger partial charge on any atom is 0.225 e. The van der Waals surface area contributed by atoms with Gasteiger partial charge >= 0.3 is 0 Å². The predicted octanol–water partition coefficient (Wildman–Crippen LogP) is 3.20. The lowest BCUT2D eigenvalue weighted by Crippen LogP contribution is -2.40. The van der Waals surface area contributed by atoms with E-state index in [0.29, 0.717) is 0 Å². The molecule has 3 N–H and O–H groups in total. The summed E-state index contributed by atoms with van der Waals surface area (Å²) >= 11 is 0. The van der Waals surface area contributed by atoms with Gasteiger partial charge in [-0.05, 0) is 48.6 Å². The van der Waals surface area contributed by atoms with Crippen LogP contribution in [-0.2, 0) is 11.2 Å². The van der Waals surface area contributed by atoms with Crippen molar-refractivity contribution in [3.8, 4) is 5.75 Å². The summed E-state index contributed by atoms with van der Waals surface area (Å²) in [6.07, 6.45) is 2.04. The molecule has 1 heterocycles. The van der Waals surface area contributed by atoms with Gasteiger partial charge in [0.25, 0.3) is 0 Å². The Morgan fingerprint density at radius 2 is 1.88 bits per heavy atom. The summed E-state index contributed by atoms with van der Waals surface area (Å²) in [6.45, 7) is 4.50. The number of hydrogen-bond donors (Lipinski definition) is 2. The summed E-state index contributed by atoms with van der Waals surface area (Å²) < 4.78 is 5.71. The standard InChI is InChI=1S/C21H26N2O2/c1-14(15(2)22)21(24)23-20(16-7-4-3-5-8-16)18-10-11-19-17(13-18)9-6-12-25-19/h3-5,7-8,10-11,13-15,20H,6,9,12,22H2,1-2H3,(H,23,24). The lowest BCUT2D eigenvalue weighted by atomic mass is 9.93. The highest BCUT2D eigenvalue weighted by Gasteiger charge is 2.23. The van der Waals surface area contributed by atoms with Crippen LogP contribution in [0.5, 0.6) is 5.75 Å². The van der Waals surface area contributed by atoms with Crippen molar-refractivity contribution in [2.45, 2.75) is 38.8 Å². The molecule has 4 heteroatoms. The summed E-state index contributed by atoms with van der Waals surface area (Å²) in [5.74, 6) is 0.682. The number of benzene rings is 2. The Morgan fingerprint density at radius 1 is 1.12 bits per heavy atom. The van der Waals surface area contributed by atoms with E-state index in [4.69, 9.17) is 10.5 Å². The lowest BCUT2D eigenvalue weighted by Gasteiger charge is -2.25. The highest BCUT2D eigenvalue weighted by atomic mass is 16.5. The Labute approximate surface area is 149 Å². The molecule has 0 bridgehead atoms. The Balaban J connectivity index is 1.93. The van der Waals surface area contributed by atoms with Crippen molar-refractivity contribution in [2.75, 3.05) is 6.61 Å². The average molecular weight is 338 g/mol. The van der Waals surface area contributed by atoms with Crippen LogP contribution in [0.3, 0.4) is 0 Å². The minimum Gasteiger partial charge on any atom is -0.493 e. The monoisotopic (exact) mass is 338 g/mol. The predicted molar refractivity (Wildman–Crippen MR) is 99.5 cm³/mol. The molecule has 2 aromatic carbocycles. The molecule has 0 spiro atoms. The zero-order valence-electron chi connectivity index (χ0n) is 14.9. The van der Waals surface area contributed by atoms with Crippen LogP contribution in [0, 0.1) is 5.92 Å². The third-order valence-electron chi connectivity index (χ3n) is 4.89. The van der Waals surface area contributed by atoms with Gasteiger partial charge in [-0.1, -0.05) is 43.3 Å². The smallest absolute Gasteiger partial charge is 0.225 e. The largest absolute Gasteiger partial charge is 0.493 e. The van der Waals surface area contributed by atoms with E-state index in [2.05, 4.69) is 11.4 Å². The number of ether oxygens (including phenoxy) is 1. The van der Waals surface area contributed by atoms with Gasteiger partial charge in [-0.3, -0.25) is 4.79 Å². The number of nitrogens with one attached hydrogen (secondary N) is 1. The fourth-order valence-electron chi connectivity index (χ4n) is 3.08. The first-order valence-electron chi connectivity index (χ1n) is 8.93. The van der Waals surface area contributed by atoms with Crippen LogP contribution in [0.15, 0.2) is 48.5 Å². The highest BCUT2D eigenvalue weighted by Crippen LogP contribution is 2.30. The summed E-state index contributed by atoms with van der Waals surface area (Å²) in [7, 11) is 0. The van der Waals surface area contributed by atoms with Crippen molar-refractivity contribution in [2.24, 2.45) is 11.7 Å². The van der Waals surface area contributed by atoms with Gasteiger partial charge in [0.1, 0.15) is 5.75 Å². The van der Waals surface area contributed by atoms with Gasteiger partial charge in [-0.15, -0.1) is 0 Å². The first-order chi connectivity index (χ1) is 12.1. The Hall–Kier alpha value is -2.33. The van der Waals surface area contributed by atoms with Crippen molar-refractivity contribution in [1.29, 1.82) is 0 Å². The van der Waals surface area contributed by atoms with Crippen LogP contribution in [0.25, 0.3) is 0 Å². The zero-order chi connectivity index (χ0) is 17.8. The van der Waals surface area contributed by atoms with Crippen LogP contribution >= 0.6 is 0 Å². The number of amides is 1. The fourth-order valence-corrected chi connectivity index (χ4v) is 3.08. The number of nitrogens with two attached hydrogens (primary N) is 1. The average Bonchev–Trinajstić information content (AvgIpc) is 2.65. The molecule has 1 amide bonds. The molecule has 3 unspecified atom stereocenters. The van der Waals surface area contributed by atoms with Crippen molar-refractivity contribution >= 4 is 5.91 Å². The number of carbonyl (C=O) groups excluding carboxylic acids is 1. The molecule has 3 atom stereocenters. The number of aryl methyl sites for hydroxylation is 1. The summed E-state index contributed by atoms with van der Waals surface area (Å²) in [5, 5.41) is 3.18. The number of fused-ring (bicyclic) bond motifs is 1. The van der Waals surface area contributed by atoms with Gasteiger partial charge in [0.2, 0.25) is 5.91 Å². The van der Waals surface area contributed by atoms with E-state index >= 15 is 0 Å². The minimum absolute atomic E-state index is 0.0298. The molecule has 0 radical (unpaired) electrons. The Kier molecular flexibility index (Phi) is 5.39. The van der Waals surface area contributed by atoms with Crippen molar-refractivity contribution in [3.63, 3.8) is 0 Å². The summed E-state index contributed by atoms with van der Waals surface area (Å²) in [4.78, 5) is 12.6. The zero-order valence-corrected chi connectivity index (χ0v) is 14.9. The Bertz CT molecular complexity index is 728. The van der Waals surface area contributed by atoms with Gasteiger partial charge in [0, 0.05) is 12.0 Å². The van der Waals surface area contributed by atoms with Gasteiger partial charge in [0.05, 0.1) is 12.6 Å². The van der Waals surface area contributed by atoms with E-state index in [9.17, 15) is 4.79 Å². The second-order valence-corrected chi connectivity index (χ2v) is 6.82. The third-order valence-corrected chi connectivity index (χ3v) is 4.89. The SMILES string of the molecule is CC(N)C(C)C(=O)NC(c1ccccc1)c1ccc2c(c1)CCCO2. The second kappa shape index (κ2) is 7.70. The maximum atomic E-state index is 12.6.